The van der Waals surface area contributed by atoms with Crippen molar-refractivity contribution in [2.24, 2.45) is 0 Å². The maximum absolute atomic E-state index is 4.50. The molecule has 1 heterocycles. The van der Waals surface area contributed by atoms with Crippen molar-refractivity contribution in [3.8, 4) is 0 Å². The summed E-state index contributed by atoms with van der Waals surface area (Å²) < 4.78 is 3.13. The van der Waals surface area contributed by atoms with Crippen molar-refractivity contribution >= 4 is 33.4 Å². The number of hydrogen-bond donors (Lipinski definition) is 1. The van der Waals surface area contributed by atoms with Crippen LogP contribution in [0.1, 0.15) is 18.3 Å². The first-order chi connectivity index (χ1) is 9.15. The molecule has 0 saturated heterocycles. The number of halogens is 1. The lowest BCUT2D eigenvalue weighted by Gasteiger charge is -2.09. The number of benzene rings is 1. The van der Waals surface area contributed by atoms with Crippen molar-refractivity contribution in [3.05, 3.63) is 40.1 Å². The summed E-state index contributed by atoms with van der Waals surface area (Å²) in [4.78, 5) is 1.27. The van der Waals surface area contributed by atoms with Gasteiger partial charge in [-0.25, -0.2) is 0 Å². The Bertz CT molecular complexity index is 566. The molecule has 19 heavy (non-hydrogen) atoms. The van der Waals surface area contributed by atoms with E-state index in [2.05, 4.69) is 63.8 Å². The van der Waals surface area contributed by atoms with Crippen LogP contribution in [0.15, 0.2) is 33.6 Å². The highest BCUT2D eigenvalue weighted by molar-refractivity contribution is 9.10. The molecule has 2 rings (SSSR count). The number of nitrogens with zero attached hydrogens (tertiary/aromatic N) is 2. The zero-order chi connectivity index (χ0) is 13.8. The van der Waals surface area contributed by atoms with E-state index in [1.807, 2.05) is 11.6 Å². The van der Waals surface area contributed by atoms with Crippen LogP contribution in [0.25, 0.3) is 0 Å². The standard InChI is InChI=1S/C14H18BrN3S/c1-4-18-13(14(15)10(2)17-18)9-16-11-6-5-7-12(8-11)19-3/h5-8,16H,4,9H2,1-3H3. The highest BCUT2D eigenvalue weighted by Gasteiger charge is 2.11. The smallest absolute Gasteiger partial charge is 0.0739 e. The van der Waals surface area contributed by atoms with Crippen LogP contribution in [0, 0.1) is 6.92 Å². The van der Waals surface area contributed by atoms with E-state index in [0.29, 0.717) is 0 Å². The number of aryl methyl sites for hydroxylation is 2. The van der Waals surface area contributed by atoms with Crippen molar-refractivity contribution < 1.29 is 0 Å². The fourth-order valence-electron chi connectivity index (χ4n) is 1.96. The van der Waals surface area contributed by atoms with Gasteiger partial charge in [0, 0.05) is 17.1 Å². The van der Waals surface area contributed by atoms with Gasteiger partial charge in [0.25, 0.3) is 0 Å². The third-order valence-electron chi connectivity index (χ3n) is 2.98. The van der Waals surface area contributed by atoms with Gasteiger partial charge in [-0.3, -0.25) is 4.68 Å². The normalized spacial score (nSPS) is 10.7. The zero-order valence-electron chi connectivity index (χ0n) is 11.4. The number of hydrogen-bond acceptors (Lipinski definition) is 3. The Morgan fingerprint density at radius 1 is 1.42 bits per heavy atom. The summed E-state index contributed by atoms with van der Waals surface area (Å²) in [5.41, 5.74) is 3.37. The first-order valence-electron chi connectivity index (χ1n) is 6.25. The van der Waals surface area contributed by atoms with Gasteiger partial charge in [0.1, 0.15) is 0 Å². The average Bonchev–Trinajstić information content (AvgIpc) is 2.72. The fraction of sp³-hybridized carbons (Fsp3) is 0.357. The van der Waals surface area contributed by atoms with E-state index >= 15 is 0 Å². The predicted molar refractivity (Wildman–Crippen MR) is 85.9 cm³/mol. The van der Waals surface area contributed by atoms with Gasteiger partial charge in [-0.05, 0) is 54.2 Å². The molecule has 0 bridgehead atoms. The fourth-order valence-corrected chi connectivity index (χ4v) is 2.84. The highest BCUT2D eigenvalue weighted by atomic mass is 79.9. The maximum Gasteiger partial charge on any atom is 0.0739 e. The molecule has 1 aromatic heterocycles. The minimum atomic E-state index is 0.771. The number of anilines is 1. The summed E-state index contributed by atoms with van der Waals surface area (Å²) >= 11 is 5.37. The van der Waals surface area contributed by atoms with Crippen molar-refractivity contribution in [2.45, 2.75) is 31.8 Å². The lowest BCUT2D eigenvalue weighted by molar-refractivity contribution is 0.622. The van der Waals surface area contributed by atoms with Crippen molar-refractivity contribution in [2.75, 3.05) is 11.6 Å². The van der Waals surface area contributed by atoms with Crippen molar-refractivity contribution in [1.82, 2.24) is 9.78 Å². The molecule has 0 aliphatic rings. The van der Waals surface area contributed by atoms with E-state index in [1.54, 1.807) is 11.8 Å². The summed E-state index contributed by atoms with van der Waals surface area (Å²) in [7, 11) is 0. The Labute approximate surface area is 126 Å². The largest absolute Gasteiger partial charge is 0.379 e. The van der Waals surface area contributed by atoms with Gasteiger partial charge in [0.15, 0.2) is 0 Å². The molecule has 0 unspecified atom stereocenters. The number of nitrogens with one attached hydrogen (secondary N) is 1. The Hall–Kier alpha value is -0.940. The molecule has 0 radical (unpaired) electrons. The second kappa shape index (κ2) is 6.48. The summed E-state index contributed by atoms with van der Waals surface area (Å²) in [6.45, 7) is 5.78. The van der Waals surface area contributed by atoms with Gasteiger partial charge in [0.05, 0.1) is 22.4 Å². The molecule has 0 spiro atoms. The van der Waals surface area contributed by atoms with Crippen molar-refractivity contribution in [1.29, 1.82) is 0 Å². The minimum Gasteiger partial charge on any atom is -0.379 e. The van der Waals surface area contributed by atoms with E-state index in [-0.39, 0.29) is 0 Å². The molecule has 0 amide bonds. The molecule has 0 saturated carbocycles. The number of aromatic nitrogens is 2. The van der Waals surface area contributed by atoms with Crippen LogP contribution in [-0.2, 0) is 13.1 Å². The quantitative estimate of drug-likeness (QED) is 0.823. The lowest BCUT2D eigenvalue weighted by Crippen LogP contribution is -2.08. The Morgan fingerprint density at radius 2 is 2.21 bits per heavy atom. The van der Waals surface area contributed by atoms with Gasteiger partial charge < -0.3 is 5.32 Å². The summed E-state index contributed by atoms with van der Waals surface area (Å²) in [5, 5.41) is 7.96. The molecule has 0 fully saturated rings. The SMILES string of the molecule is CCn1nc(C)c(Br)c1CNc1cccc(SC)c1. The van der Waals surface area contributed by atoms with Crippen molar-refractivity contribution in [3.63, 3.8) is 0 Å². The minimum absolute atomic E-state index is 0.771. The molecule has 5 heteroatoms. The predicted octanol–water partition coefficient (Wildman–Crippen LogP) is 4.31. The molecule has 1 aromatic carbocycles. The van der Waals surface area contributed by atoms with Gasteiger partial charge >= 0.3 is 0 Å². The van der Waals surface area contributed by atoms with Crippen LogP contribution >= 0.6 is 27.7 Å². The van der Waals surface area contributed by atoms with E-state index in [4.69, 9.17) is 0 Å². The molecular weight excluding hydrogens is 322 g/mol. The van der Waals surface area contributed by atoms with E-state index in [9.17, 15) is 0 Å². The van der Waals surface area contributed by atoms with Gasteiger partial charge in [-0.2, -0.15) is 5.10 Å². The highest BCUT2D eigenvalue weighted by Crippen LogP contribution is 2.23. The van der Waals surface area contributed by atoms with Crippen LogP contribution in [0.3, 0.4) is 0 Å². The van der Waals surface area contributed by atoms with Crippen LogP contribution in [0.4, 0.5) is 5.69 Å². The molecule has 3 nitrogen and oxygen atoms in total. The lowest BCUT2D eigenvalue weighted by atomic mass is 10.3. The average molecular weight is 340 g/mol. The number of thioether (sulfide) groups is 1. The first kappa shape index (κ1) is 14.5. The maximum atomic E-state index is 4.50. The van der Waals surface area contributed by atoms with Gasteiger partial charge in [0.2, 0.25) is 0 Å². The summed E-state index contributed by atoms with van der Waals surface area (Å²) in [5.74, 6) is 0. The second-order valence-corrected chi connectivity index (χ2v) is 5.92. The monoisotopic (exact) mass is 339 g/mol. The topological polar surface area (TPSA) is 29.9 Å². The van der Waals surface area contributed by atoms with Crippen LogP contribution in [0.2, 0.25) is 0 Å². The van der Waals surface area contributed by atoms with Crippen LogP contribution in [-0.4, -0.2) is 16.0 Å². The molecular formula is C14H18BrN3S. The van der Waals surface area contributed by atoms with Crippen LogP contribution < -0.4 is 5.32 Å². The Kier molecular flexibility index (Phi) is 4.93. The zero-order valence-corrected chi connectivity index (χ0v) is 13.8. The first-order valence-corrected chi connectivity index (χ1v) is 8.27. The third kappa shape index (κ3) is 3.34. The molecule has 0 aliphatic carbocycles. The van der Waals surface area contributed by atoms with E-state index in [1.165, 1.54) is 10.6 Å². The molecule has 0 atom stereocenters. The van der Waals surface area contributed by atoms with Gasteiger partial charge in [-0.15, -0.1) is 11.8 Å². The molecule has 1 N–H and O–H groups in total. The Balaban J connectivity index is 2.14. The van der Waals surface area contributed by atoms with E-state index in [0.717, 1.165) is 28.9 Å². The molecule has 2 aromatic rings. The Morgan fingerprint density at radius 3 is 2.89 bits per heavy atom. The van der Waals surface area contributed by atoms with Crippen LogP contribution in [0.5, 0.6) is 0 Å². The second-order valence-electron chi connectivity index (χ2n) is 4.25. The molecule has 0 aliphatic heterocycles. The summed E-state index contributed by atoms with van der Waals surface area (Å²) in [6.07, 6.45) is 2.09. The number of rotatable bonds is 5. The van der Waals surface area contributed by atoms with Gasteiger partial charge in [-0.1, -0.05) is 6.07 Å². The third-order valence-corrected chi connectivity index (χ3v) is 4.74. The van der Waals surface area contributed by atoms with E-state index < -0.39 is 0 Å². The summed E-state index contributed by atoms with van der Waals surface area (Å²) in [6, 6.07) is 8.45. The molecule has 102 valence electrons.